The molecular formula is C13H14O2. The standard InChI is InChI=1S/C13H14O2/c1-10(15-3)7-8-12-5-4-6-13(9-14)11(12)2/h4-9H,1H2,2-3H3. The Morgan fingerprint density at radius 1 is 1.40 bits per heavy atom. The summed E-state index contributed by atoms with van der Waals surface area (Å²) in [5.74, 6) is 0.589. The van der Waals surface area contributed by atoms with Gasteiger partial charge < -0.3 is 4.74 Å². The van der Waals surface area contributed by atoms with Crippen molar-refractivity contribution in [2.45, 2.75) is 6.92 Å². The fourth-order valence-corrected chi connectivity index (χ4v) is 1.23. The molecule has 0 saturated heterocycles. The number of aldehydes is 1. The lowest BCUT2D eigenvalue weighted by Crippen LogP contribution is -1.89. The highest BCUT2D eigenvalue weighted by Gasteiger charge is 1.99. The van der Waals surface area contributed by atoms with Gasteiger partial charge in [0.05, 0.1) is 7.11 Å². The molecular weight excluding hydrogens is 188 g/mol. The van der Waals surface area contributed by atoms with Gasteiger partial charge in [-0.15, -0.1) is 0 Å². The molecule has 0 atom stereocenters. The van der Waals surface area contributed by atoms with E-state index < -0.39 is 0 Å². The monoisotopic (exact) mass is 202 g/mol. The summed E-state index contributed by atoms with van der Waals surface area (Å²) >= 11 is 0. The molecule has 0 bridgehead atoms. The van der Waals surface area contributed by atoms with Crippen LogP contribution in [0, 0.1) is 6.92 Å². The van der Waals surface area contributed by atoms with Crippen molar-refractivity contribution in [3.05, 3.63) is 53.3 Å². The Balaban J connectivity index is 3.00. The van der Waals surface area contributed by atoms with Gasteiger partial charge in [0.2, 0.25) is 0 Å². The number of methoxy groups -OCH3 is 1. The summed E-state index contributed by atoms with van der Waals surface area (Å²) in [6.07, 6.45) is 4.52. The molecule has 0 aliphatic carbocycles. The van der Waals surface area contributed by atoms with Gasteiger partial charge in [0, 0.05) is 5.56 Å². The van der Waals surface area contributed by atoms with Crippen molar-refractivity contribution in [2.75, 3.05) is 7.11 Å². The number of allylic oxidation sites excluding steroid dienone is 1. The zero-order chi connectivity index (χ0) is 11.3. The zero-order valence-corrected chi connectivity index (χ0v) is 8.99. The number of ether oxygens (including phenoxy) is 1. The summed E-state index contributed by atoms with van der Waals surface area (Å²) in [6, 6.07) is 5.60. The van der Waals surface area contributed by atoms with Crippen molar-refractivity contribution in [1.29, 1.82) is 0 Å². The van der Waals surface area contributed by atoms with Crippen LogP contribution in [0.5, 0.6) is 0 Å². The van der Waals surface area contributed by atoms with Crippen LogP contribution in [0.25, 0.3) is 6.08 Å². The van der Waals surface area contributed by atoms with E-state index in [4.69, 9.17) is 4.74 Å². The van der Waals surface area contributed by atoms with Gasteiger partial charge in [-0.1, -0.05) is 30.9 Å². The molecule has 0 N–H and O–H groups in total. The zero-order valence-electron chi connectivity index (χ0n) is 8.99. The predicted molar refractivity (Wildman–Crippen MR) is 61.7 cm³/mol. The fraction of sp³-hybridized carbons (Fsp3) is 0.154. The molecule has 0 aliphatic heterocycles. The van der Waals surface area contributed by atoms with Gasteiger partial charge in [0.25, 0.3) is 0 Å². The van der Waals surface area contributed by atoms with E-state index >= 15 is 0 Å². The maximum atomic E-state index is 10.7. The molecule has 78 valence electrons. The summed E-state index contributed by atoms with van der Waals surface area (Å²) in [5, 5.41) is 0. The van der Waals surface area contributed by atoms with Gasteiger partial charge in [0.1, 0.15) is 12.0 Å². The van der Waals surface area contributed by atoms with Crippen molar-refractivity contribution in [3.8, 4) is 0 Å². The molecule has 0 unspecified atom stereocenters. The van der Waals surface area contributed by atoms with E-state index in [0.717, 1.165) is 17.4 Å². The van der Waals surface area contributed by atoms with Crippen molar-refractivity contribution < 1.29 is 9.53 Å². The van der Waals surface area contributed by atoms with Crippen LogP contribution in [0.4, 0.5) is 0 Å². The van der Waals surface area contributed by atoms with E-state index in [1.165, 1.54) is 0 Å². The Hall–Kier alpha value is -1.83. The van der Waals surface area contributed by atoms with E-state index in [9.17, 15) is 4.79 Å². The largest absolute Gasteiger partial charge is 0.497 e. The first-order chi connectivity index (χ1) is 7.19. The molecule has 0 radical (unpaired) electrons. The smallest absolute Gasteiger partial charge is 0.150 e. The average Bonchev–Trinajstić information content (AvgIpc) is 2.27. The fourth-order valence-electron chi connectivity index (χ4n) is 1.23. The van der Waals surface area contributed by atoms with Crippen molar-refractivity contribution in [3.63, 3.8) is 0 Å². The third kappa shape index (κ3) is 2.81. The lowest BCUT2D eigenvalue weighted by Gasteiger charge is -2.03. The number of rotatable bonds is 4. The van der Waals surface area contributed by atoms with Crippen LogP contribution in [0.3, 0.4) is 0 Å². The van der Waals surface area contributed by atoms with Crippen LogP contribution < -0.4 is 0 Å². The Labute approximate surface area is 89.9 Å². The number of hydrogen-bond donors (Lipinski definition) is 0. The Bertz CT molecular complexity index is 403. The third-order valence-corrected chi connectivity index (χ3v) is 2.26. The summed E-state index contributed by atoms with van der Waals surface area (Å²) < 4.78 is 4.92. The second-order valence-electron chi connectivity index (χ2n) is 3.18. The molecule has 0 amide bonds. The average molecular weight is 202 g/mol. The van der Waals surface area contributed by atoms with E-state index in [1.54, 1.807) is 19.3 Å². The highest BCUT2D eigenvalue weighted by molar-refractivity contribution is 5.79. The van der Waals surface area contributed by atoms with Gasteiger partial charge >= 0.3 is 0 Å². The lowest BCUT2D eigenvalue weighted by atomic mass is 10.0. The van der Waals surface area contributed by atoms with Gasteiger partial charge in [-0.2, -0.15) is 0 Å². The van der Waals surface area contributed by atoms with E-state index in [2.05, 4.69) is 6.58 Å². The molecule has 2 heteroatoms. The minimum Gasteiger partial charge on any atom is -0.497 e. The molecule has 0 saturated carbocycles. The maximum Gasteiger partial charge on any atom is 0.150 e. The number of hydrogen-bond acceptors (Lipinski definition) is 2. The summed E-state index contributed by atoms with van der Waals surface area (Å²) in [7, 11) is 1.57. The van der Waals surface area contributed by atoms with Gasteiger partial charge in [-0.25, -0.2) is 0 Å². The molecule has 0 spiro atoms. The second-order valence-corrected chi connectivity index (χ2v) is 3.18. The third-order valence-electron chi connectivity index (χ3n) is 2.26. The first kappa shape index (κ1) is 11.2. The number of benzene rings is 1. The summed E-state index contributed by atoms with van der Waals surface area (Å²) in [4.78, 5) is 10.7. The Morgan fingerprint density at radius 3 is 2.67 bits per heavy atom. The quantitative estimate of drug-likeness (QED) is 0.426. The first-order valence-electron chi connectivity index (χ1n) is 4.65. The van der Waals surface area contributed by atoms with E-state index in [0.29, 0.717) is 11.3 Å². The van der Waals surface area contributed by atoms with Crippen LogP contribution in [-0.4, -0.2) is 13.4 Å². The highest BCUT2D eigenvalue weighted by Crippen LogP contribution is 2.14. The van der Waals surface area contributed by atoms with Crippen LogP contribution in [0.1, 0.15) is 21.5 Å². The minimum atomic E-state index is 0.589. The van der Waals surface area contributed by atoms with Crippen LogP contribution in [0.2, 0.25) is 0 Å². The molecule has 15 heavy (non-hydrogen) atoms. The lowest BCUT2D eigenvalue weighted by molar-refractivity contribution is 0.112. The topological polar surface area (TPSA) is 26.3 Å². The summed E-state index contributed by atoms with van der Waals surface area (Å²) in [5.41, 5.74) is 2.67. The molecule has 1 aromatic rings. The number of carbonyl (C=O) groups excluding carboxylic acids is 1. The molecule has 0 aromatic heterocycles. The highest BCUT2D eigenvalue weighted by atomic mass is 16.5. The van der Waals surface area contributed by atoms with Gasteiger partial charge in [-0.3, -0.25) is 4.79 Å². The summed E-state index contributed by atoms with van der Waals surface area (Å²) in [6.45, 7) is 5.60. The molecule has 2 nitrogen and oxygen atoms in total. The first-order valence-corrected chi connectivity index (χ1v) is 4.65. The Morgan fingerprint density at radius 2 is 2.07 bits per heavy atom. The van der Waals surface area contributed by atoms with Gasteiger partial charge in [0.15, 0.2) is 0 Å². The normalized spacial score (nSPS) is 10.3. The predicted octanol–water partition coefficient (Wildman–Crippen LogP) is 2.98. The maximum absolute atomic E-state index is 10.7. The molecule has 0 heterocycles. The second kappa shape index (κ2) is 5.15. The molecule has 0 fully saturated rings. The van der Waals surface area contributed by atoms with E-state index in [1.807, 2.05) is 25.1 Å². The van der Waals surface area contributed by atoms with Crippen molar-refractivity contribution in [2.24, 2.45) is 0 Å². The molecule has 1 rings (SSSR count). The SMILES string of the molecule is C=C(C=Cc1cccc(C=O)c1C)OC. The van der Waals surface area contributed by atoms with Crippen LogP contribution in [0.15, 0.2) is 36.6 Å². The molecule has 1 aromatic carbocycles. The van der Waals surface area contributed by atoms with Crippen LogP contribution in [-0.2, 0) is 4.74 Å². The van der Waals surface area contributed by atoms with Crippen LogP contribution >= 0.6 is 0 Å². The van der Waals surface area contributed by atoms with Crippen molar-refractivity contribution >= 4 is 12.4 Å². The van der Waals surface area contributed by atoms with Crippen molar-refractivity contribution in [1.82, 2.24) is 0 Å². The minimum absolute atomic E-state index is 0.589. The Kier molecular flexibility index (Phi) is 3.86. The van der Waals surface area contributed by atoms with E-state index in [-0.39, 0.29) is 0 Å². The molecule has 0 aliphatic rings. The van der Waals surface area contributed by atoms with Gasteiger partial charge in [-0.05, 0) is 24.1 Å². The number of carbonyl (C=O) groups is 1.